The molecule has 1 aliphatic heterocycles. The largest absolute Gasteiger partial charge is 0.309 e. The molecule has 7 heteroatoms. The molecule has 0 aromatic heterocycles. The van der Waals surface area contributed by atoms with Gasteiger partial charge in [0.15, 0.2) is 0 Å². The monoisotopic (exact) mass is 401 g/mol. The molecule has 0 fully saturated rings. The molecule has 2 aromatic carbocycles. The van der Waals surface area contributed by atoms with Crippen molar-refractivity contribution in [3.8, 4) is 0 Å². The van der Waals surface area contributed by atoms with E-state index in [9.17, 15) is 13.2 Å². The third kappa shape index (κ3) is 4.11. The number of benzene rings is 2. The number of carbonyl (C=O) groups excluding carboxylic acids is 1. The molecule has 0 radical (unpaired) electrons. The van der Waals surface area contributed by atoms with Gasteiger partial charge in [0.2, 0.25) is 15.9 Å². The fraction of sp³-hybridized carbons (Fsp3) is 0.381. The molecule has 28 heavy (non-hydrogen) atoms. The second-order valence-electron chi connectivity index (χ2n) is 7.47. The fourth-order valence-corrected chi connectivity index (χ4v) is 4.89. The van der Waals surface area contributed by atoms with Crippen molar-refractivity contribution >= 4 is 21.6 Å². The third-order valence-electron chi connectivity index (χ3n) is 5.19. The smallest absolute Gasteiger partial charge is 0.240 e. The van der Waals surface area contributed by atoms with Crippen molar-refractivity contribution in [3.05, 3.63) is 59.7 Å². The topological polar surface area (TPSA) is 69.7 Å². The first-order valence-corrected chi connectivity index (χ1v) is 10.8. The van der Waals surface area contributed by atoms with Gasteiger partial charge in [0, 0.05) is 31.2 Å². The van der Waals surface area contributed by atoms with Crippen LogP contribution in [-0.2, 0) is 21.2 Å². The van der Waals surface area contributed by atoms with Crippen molar-refractivity contribution in [1.82, 2.24) is 9.62 Å². The molecule has 6 nitrogen and oxygen atoms in total. The van der Waals surface area contributed by atoms with Gasteiger partial charge in [-0.15, -0.1) is 0 Å². The number of carbonyl (C=O) groups is 1. The van der Waals surface area contributed by atoms with Gasteiger partial charge < -0.3 is 9.80 Å². The second-order valence-corrected chi connectivity index (χ2v) is 9.24. The van der Waals surface area contributed by atoms with Gasteiger partial charge in [-0.05, 0) is 56.8 Å². The molecule has 1 heterocycles. The van der Waals surface area contributed by atoms with E-state index >= 15 is 0 Å². The van der Waals surface area contributed by atoms with Crippen LogP contribution in [0.15, 0.2) is 53.4 Å². The minimum Gasteiger partial charge on any atom is -0.309 e. The van der Waals surface area contributed by atoms with Gasteiger partial charge in [0.1, 0.15) is 0 Å². The molecule has 0 aliphatic carbocycles. The summed E-state index contributed by atoms with van der Waals surface area (Å²) in [6.45, 7) is 3.77. The Morgan fingerprint density at radius 1 is 1.21 bits per heavy atom. The Morgan fingerprint density at radius 2 is 1.89 bits per heavy atom. The SMILES string of the molecule is CC(=O)N1c2ccc(S(=O)(=O)NC[C@H](c3ccccc3)N(C)C)cc2C[C@@H]1C. The van der Waals surface area contributed by atoms with E-state index in [1.54, 1.807) is 23.1 Å². The van der Waals surface area contributed by atoms with Gasteiger partial charge in [0.25, 0.3) is 0 Å². The number of sulfonamides is 1. The summed E-state index contributed by atoms with van der Waals surface area (Å²) >= 11 is 0. The normalized spacial score (nSPS) is 17.6. The Labute approximate surface area is 167 Å². The van der Waals surface area contributed by atoms with Crippen LogP contribution >= 0.6 is 0 Å². The molecule has 2 atom stereocenters. The highest BCUT2D eigenvalue weighted by Crippen LogP contribution is 2.34. The summed E-state index contributed by atoms with van der Waals surface area (Å²) in [5.41, 5.74) is 2.74. The van der Waals surface area contributed by atoms with Crippen molar-refractivity contribution in [3.63, 3.8) is 0 Å². The van der Waals surface area contributed by atoms with Gasteiger partial charge in [0.05, 0.1) is 4.90 Å². The molecule has 150 valence electrons. The molecule has 1 aliphatic rings. The van der Waals surface area contributed by atoms with E-state index in [1.807, 2.05) is 56.3 Å². The van der Waals surface area contributed by atoms with Gasteiger partial charge in [-0.2, -0.15) is 0 Å². The summed E-state index contributed by atoms with van der Waals surface area (Å²) < 4.78 is 28.5. The first-order chi connectivity index (χ1) is 13.2. The number of nitrogens with one attached hydrogen (secondary N) is 1. The highest BCUT2D eigenvalue weighted by molar-refractivity contribution is 7.89. The average molecular weight is 402 g/mol. The standard InChI is InChI=1S/C21H27N3O3S/c1-15-12-18-13-19(10-11-20(18)24(15)16(2)25)28(26,27)22-14-21(23(3)4)17-8-6-5-7-9-17/h5-11,13,15,21-22H,12,14H2,1-4H3/t15-,21+/m0/s1. The zero-order valence-corrected chi connectivity index (χ0v) is 17.5. The quantitative estimate of drug-likeness (QED) is 0.808. The van der Waals surface area contributed by atoms with Crippen LogP contribution in [0, 0.1) is 0 Å². The number of hydrogen-bond acceptors (Lipinski definition) is 4. The molecule has 0 unspecified atom stereocenters. The van der Waals surface area contributed by atoms with Crippen LogP contribution in [0.2, 0.25) is 0 Å². The summed E-state index contributed by atoms with van der Waals surface area (Å²) in [6, 6.07) is 14.8. The maximum absolute atomic E-state index is 12.9. The Balaban J connectivity index is 1.80. The Hall–Kier alpha value is -2.22. The van der Waals surface area contributed by atoms with Gasteiger partial charge >= 0.3 is 0 Å². The van der Waals surface area contributed by atoms with E-state index in [0.29, 0.717) is 6.42 Å². The van der Waals surface area contributed by atoms with Gasteiger partial charge in [-0.1, -0.05) is 30.3 Å². The third-order valence-corrected chi connectivity index (χ3v) is 6.61. The van der Waals surface area contributed by atoms with Crippen LogP contribution < -0.4 is 9.62 Å². The summed E-state index contributed by atoms with van der Waals surface area (Å²) in [5.74, 6) is -0.0309. The molecule has 1 N–H and O–H groups in total. The molecule has 0 spiro atoms. The maximum atomic E-state index is 12.9. The molecule has 0 saturated heterocycles. The summed E-state index contributed by atoms with van der Waals surface area (Å²) in [5, 5.41) is 0. The minimum atomic E-state index is -3.65. The lowest BCUT2D eigenvalue weighted by Gasteiger charge is -2.25. The van der Waals surface area contributed by atoms with Gasteiger partial charge in [-0.3, -0.25) is 4.79 Å². The molecular formula is C21H27N3O3S. The van der Waals surface area contributed by atoms with Crippen molar-refractivity contribution < 1.29 is 13.2 Å². The number of anilines is 1. The van der Waals surface area contributed by atoms with Crippen LogP contribution in [0.3, 0.4) is 0 Å². The molecule has 0 bridgehead atoms. The van der Waals surface area contributed by atoms with Crippen LogP contribution in [0.1, 0.15) is 31.0 Å². The Morgan fingerprint density at radius 3 is 2.50 bits per heavy atom. The first-order valence-electron chi connectivity index (χ1n) is 9.34. The Kier molecular flexibility index (Phi) is 5.88. The van der Waals surface area contributed by atoms with E-state index in [2.05, 4.69) is 4.72 Å². The highest BCUT2D eigenvalue weighted by atomic mass is 32.2. The lowest BCUT2D eigenvalue weighted by molar-refractivity contribution is -0.116. The van der Waals surface area contributed by atoms with Gasteiger partial charge in [-0.25, -0.2) is 13.1 Å². The zero-order valence-electron chi connectivity index (χ0n) is 16.7. The van der Waals surface area contributed by atoms with Crippen LogP contribution in [-0.4, -0.2) is 45.9 Å². The number of nitrogens with zero attached hydrogens (tertiary/aromatic N) is 2. The van der Waals surface area contributed by atoms with E-state index in [1.165, 1.54) is 6.92 Å². The van der Waals surface area contributed by atoms with E-state index in [-0.39, 0.29) is 29.4 Å². The van der Waals surface area contributed by atoms with Crippen molar-refractivity contribution in [2.45, 2.75) is 37.2 Å². The van der Waals surface area contributed by atoms with Crippen LogP contribution in [0.25, 0.3) is 0 Å². The fourth-order valence-electron chi connectivity index (χ4n) is 3.80. The van der Waals surface area contributed by atoms with E-state index in [0.717, 1.165) is 16.8 Å². The highest BCUT2D eigenvalue weighted by Gasteiger charge is 2.30. The van der Waals surface area contributed by atoms with Crippen LogP contribution in [0.5, 0.6) is 0 Å². The maximum Gasteiger partial charge on any atom is 0.240 e. The zero-order chi connectivity index (χ0) is 20.5. The predicted molar refractivity (Wildman–Crippen MR) is 111 cm³/mol. The molecule has 1 amide bonds. The first kappa shape index (κ1) is 20.5. The Bertz CT molecular complexity index is 958. The van der Waals surface area contributed by atoms with E-state index in [4.69, 9.17) is 0 Å². The van der Waals surface area contributed by atoms with Crippen LogP contribution in [0.4, 0.5) is 5.69 Å². The van der Waals surface area contributed by atoms with Crippen molar-refractivity contribution in [1.29, 1.82) is 0 Å². The number of amides is 1. The molecular weight excluding hydrogens is 374 g/mol. The number of hydrogen-bond donors (Lipinski definition) is 1. The second kappa shape index (κ2) is 8.03. The average Bonchev–Trinajstić information content (AvgIpc) is 2.97. The summed E-state index contributed by atoms with van der Waals surface area (Å²) in [6.07, 6.45) is 0.655. The minimum absolute atomic E-state index is 0.0309. The summed E-state index contributed by atoms with van der Waals surface area (Å²) in [7, 11) is 0.206. The molecule has 2 aromatic rings. The number of fused-ring (bicyclic) bond motifs is 1. The predicted octanol–water partition coefficient (Wildman–Crippen LogP) is 2.57. The molecule has 3 rings (SSSR count). The van der Waals surface area contributed by atoms with Crippen molar-refractivity contribution in [2.75, 3.05) is 25.5 Å². The lowest BCUT2D eigenvalue weighted by atomic mass is 10.1. The van der Waals surface area contributed by atoms with Crippen molar-refractivity contribution in [2.24, 2.45) is 0 Å². The number of rotatable bonds is 6. The molecule has 0 saturated carbocycles. The lowest BCUT2D eigenvalue weighted by Crippen LogP contribution is -2.34. The van der Waals surface area contributed by atoms with E-state index < -0.39 is 10.0 Å². The summed E-state index contributed by atoms with van der Waals surface area (Å²) in [4.78, 5) is 15.8. The number of likely N-dealkylation sites (N-methyl/N-ethyl adjacent to an activating group) is 1.